The summed E-state index contributed by atoms with van der Waals surface area (Å²) in [7, 11) is 0. The molecule has 0 bridgehead atoms. The summed E-state index contributed by atoms with van der Waals surface area (Å²) in [6, 6.07) is 14.0. The van der Waals surface area contributed by atoms with Gasteiger partial charge in [0.15, 0.2) is 5.16 Å². The Bertz CT molecular complexity index is 1150. The molecule has 31 heavy (non-hydrogen) atoms. The molecule has 3 rings (SSSR count). The smallest absolute Gasteiger partial charge is 0.305 e. The van der Waals surface area contributed by atoms with Crippen LogP contribution in [0.3, 0.4) is 0 Å². The summed E-state index contributed by atoms with van der Waals surface area (Å²) < 4.78 is 6.32. The van der Waals surface area contributed by atoms with Crippen molar-refractivity contribution < 1.29 is 14.3 Å². The van der Waals surface area contributed by atoms with Gasteiger partial charge >= 0.3 is 5.97 Å². The molecule has 3 aromatic rings. The summed E-state index contributed by atoms with van der Waals surface area (Å²) in [5, 5.41) is 4.14. The molecule has 1 amide bonds. The maximum Gasteiger partial charge on any atom is 0.305 e. The lowest BCUT2D eigenvalue weighted by Gasteiger charge is -2.13. The van der Waals surface area contributed by atoms with Gasteiger partial charge in [-0.15, -0.1) is 0 Å². The molecule has 0 aliphatic heterocycles. The molecule has 9 heteroatoms. The number of aromatic nitrogens is 2. The van der Waals surface area contributed by atoms with Crippen LogP contribution in [0.5, 0.6) is 0 Å². The highest BCUT2D eigenvalue weighted by Gasteiger charge is 2.15. The van der Waals surface area contributed by atoms with Crippen LogP contribution in [-0.4, -0.2) is 40.3 Å². The molecule has 0 aliphatic carbocycles. The number of amides is 1. The van der Waals surface area contributed by atoms with Gasteiger partial charge in [-0.05, 0) is 43.7 Å². The normalized spacial score (nSPS) is 10.8. The van der Waals surface area contributed by atoms with Crippen LogP contribution in [0.4, 0.5) is 0 Å². The van der Waals surface area contributed by atoms with E-state index in [4.69, 9.17) is 16.3 Å². The van der Waals surface area contributed by atoms with Gasteiger partial charge in [0.05, 0.1) is 29.0 Å². The first-order valence-corrected chi connectivity index (χ1v) is 11.2. The molecule has 0 atom stereocenters. The van der Waals surface area contributed by atoms with E-state index in [1.54, 1.807) is 49.4 Å². The lowest BCUT2D eigenvalue weighted by atomic mass is 10.2. The third-order valence-electron chi connectivity index (χ3n) is 4.33. The number of thioether (sulfide) groups is 1. The van der Waals surface area contributed by atoms with Crippen molar-refractivity contribution in [3.05, 3.63) is 63.9 Å². The molecule has 0 unspecified atom stereocenters. The first-order valence-electron chi connectivity index (χ1n) is 9.82. The zero-order valence-corrected chi connectivity index (χ0v) is 18.5. The minimum absolute atomic E-state index is 0.0742. The van der Waals surface area contributed by atoms with Crippen LogP contribution < -0.4 is 10.9 Å². The molecule has 0 spiro atoms. The number of hydrogen-bond acceptors (Lipinski definition) is 6. The molecule has 1 heterocycles. The van der Waals surface area contributed by atoms with Crippen molar-refractivity contribution >= 4 is 46.1 Å². The van der Waals surface area contributed by atoms with E-state index in [0.29, 0.717) is 46.3 Å². The van der Waals surface area contributed by atoms with Crippen molar-refractivity contribution in [2.45, 2.75) is 24.9 Å². The summed E-state index contributed by atoms with van der Waals surface area (Å²) >= 11 is 7.28. The molecule has 0 saturated heterocycles. The summed E-state index contributed by atoms with van der Waals surface area (Å²) in [6.07, 6.45) is 0.749. The first kappa shape index (κ1) is 22.8. The fourth-order valence-corrected chi connectivity index (χ4v) is 3.95. The van der Waals surface area contributed by atoms with E-state index < -0.39 is 0 Å². The Labute approximate surface area is 188 Å². The number of carbonyl (C=O) groups excluding carboxylic acids is 2. The first-order chi connectivity index (χ1) is 15.0. The molecule has 1 aromatic heterocycles. The molecule has 7 nitrogen and oxygen atoms in total. The summed E-state index contributed by atoms with van der Waals surface area (Å²) in [4.78, 5) is 41.3. The van der Waals surface area contributed by atoms with Crippen molar-refractivity contribution in [3.63, 3.8) is 0 Å². The molecule has 1 N–H and O–H groups in total. The number of hydrogen-bond donors (Lipinski definition) is 1. The molecular formula is C22H22ClN3O4S. The van der Waals surface area contributed by atoms with Gasteiger partial charge in [-0.2, -0.15) is 0 Å². The molecule has 0 saturated carbocycles. The molecule has 0 fully saturated rings. The average molecular weight is 460 g/mol. The van der Waals surface area contributed by atoms with Gasteiger partial charge in [-0.25, -0.2) is 4.98 Å². The summed E-state index contributed by atoms with van der Waals surface area (Å²) in [5.41, 5.74) is 0.904. The minimum atomic E-state index is -0.281. The zero-order valence-electron chi connectivity index (χ0n) is 17.0. The Morgan fingerprint density at radius 1 is 1.19 bits per heavy atom. The Hall–Kier alpha value is -2.84. The Morgan fingerprint density at radius 3 is 2.77 bits per heavy atom. The lowest BCUT2D eigenvalue weighted by molar-refractivity contribution is -0.143. The second kappa shape index (κ2) is 11.0. The number of para-hydroxylation sites is 1. The topological polar surface area (TPSA) is 90.3 Å². The highest BCUT2D eigenvalue weighted by molar-refractivity contribution is 7.99. The summed E-state index contributed by atoms with van der Waals surface area (Å²) in [6.45, 7) is 2.46. The zero-order chi connectivity index (χ0) is 22.2. The molecule has 0 aliphatic rings. The van der Waals surface area contributed by atoms with Crippen molar-refractivity contribution in [2.75, 3.05) is 18.9 Å². The van der Waals surface area contributed by atoms with Gasteiger partial charge in [0, 0.05) is 18.0 Å². The fraction of sp³-hybridized carbons (Fsp3) is 0.273. The van der Waals surface area contributed by atoms with E-state index in [2.05, 4.69) is 10.3 Å². The maximum absolute atomic E-state index is 13.2. The van der Waals surface area contributed by atoms with Crippen LogP contribution >= 0.6 is 23.4 Å². The number of carbonyl (C=O) groups is 2. The maximum atomic E-state index is 13.2. The second-order valence-corrected chi connectivity index (χ2v) is 7.96. The van der Waals surface area contributed by atoms with Crippen LogP contribution in [0.2, 0.25) is 5.02 Å². The number of nitrogens with zero attached hydrogens (tertiary/aromatic N) is 2. The highest BCUT2D eigenvalue weighted by atomic mass is 35.5. The molecular weight excluding hydrogens is 438 g/mol. The fourth-order valence-electron chi connectivity index (χ4n) is 2.93. The molecule has 162 valence electrons. The second-order valence-electron chi connectivity index (χ2n) is 6.58. The molecule has 2 aromatic carbocycles. The third kappa shape index (κ3) is 6.08. The van der Waals surface area contributed by atoms with E-state index >= 15 is 0 Å². The Balaban J connectivity index is 1.75. The van der Waals surface area contributed by atoms with Crippen LogP contribution in [-0.2, 0) is 14.3 Å². The molecule has 0 radical (unpaired) electrons. The number of fused-ring (bicyclic) bond motifs is 1. The van der Waals surface area contributed by atoms with E-state index in [-0.39, 0.29) is 29.6 Å². The Kier molecular flexibility index (Phi) is 8.08. The number of nitrogens with one attached hydrogen (secondary N) is 1. The van der Waals surface area contributed by atoms with Crippen molar-refractivity contribution in [1.82, 2.24) is 14.9 Å². The monoisotopic (exact) mass is 459 g/mol. The number of halogens is 1. The van der Waals surface area contributed by atoms with Gasteiger partial charge in [-0.3, -0.25) is 19.0 Å². The van der Waals surface area contributed by atoms with Gasteiger partial charge in [0.2, 0.25) is 5.91 Å². The average Bonchev–Trinajstić information content (AvgIpc) is 2.75. The van der Waals surface area contributed by atoms with Crippen LogP contribution in [0.25, 0.3) is 16.6 Å². The summed E-state index contributed by atoms with van der Waals surface area (Å²) in [5.74, 6) is -0.420. The third-order valence-corrected chi connectivity index (χ3v) is 5.50. The SMILES string of the molecule is CCOC(=O)CCCNC(=O)CSc1nc2ccccc2c(=O)n1-c1cccc(Cl)c1. The largest absolute Gasteiger partial charge is 0.466 e. The quantitative estimate of drug-likeness (QED) is 0.227. The standard InChI is InChI=1S/C22H22ClN3O4S/c1-2-30-20(28)11-6-12-24-19(27)14-31-22-25-18-10-4-3-9-17(18)21(29)26(22)16-8-5-7-15(23)13-16/h3-5,7-10,13H,2,6,11-12,14H2,1H3,(H,24,27). The van der Waals surface area contributed by atoms with Gasteiger partial charge < -0.3 is 10.1 Å². The minimum Gasteiger partial charge on any atom is -0.466 e. The van der Waals surface area contributed by atoms with Gasteiger partial charge in [0.1, 0.15) is 0 Å². The van der Waals surface area contributed by atoms with Crippen LogP contribution in [0.1, 0.15) is 19.8 Å². The number of ether oxygens (including phenoxy) is 1. The predicted molar refractivity (Wildman–Crippen MR) is 122 cm³/mol. The highest BCUT2D eigenvalue weighted by Crippen LogP contribution is 2.22. The van der Waals surface area contributed by atoms with Crippen molar-refractivity contribution in [1.29, 1.82) is 0 Å². The van der Waals surface area contributed by atoms with Crippen molar-refractivity contribution in [3.8, 4) is 5.69 Å². The van der Waals surface area contributed by atoms with Crippen LogP contribution in [0.15, 0.2) is 58.5 Å². The van der Waals surface area contributed by atoms with Gasteiger partial charge in [0.25, 0.3) is 5.56 Å². The number of benzene rings is 2. The predicted octanol–water partition coefficient (Wildman–Crippen LogP) is 3.59. The van der Waals surface area contributed by atoms with E-state index in [0.717, 1.165) is 11.8 Å². The van der Waals surface area contributed by atoms with Crippen LogP contribution in [0, 0.1) is 0 Å². The van der Waals surface area contributed by atoms with Crippen molar-refractivity contribution in [2.24, 2.45) is 0 Å². The number of esters is 1. The lowest BCUT2D eigenvalue weighted by Crippen LogP contribution is -2.27. The number of rotatable bonds is 9. The van der Waals surface area contributed by atoms with E-state index in [1.165, 1.54) is 4.57 Å². The Morgan fingerprint density at radius 2 is 2.00 bits per heavy atom. The van der Waals surface area contributed by atoms with E-state index in [1.807, 2.05) is 6.07 Å². The van der Waals surface area contributed by atoms with Gasteiger partial charge in [-0.1, -0.05) is 41.6 Å². The van der Waals surface area contributed by atoms with E-state index in [9.17, 15) is 14.4 Å².